The van der Waals surface area contributed by atoms with Crippen molar-refractivity contribution in [1.82, 2.24) is 0 Å². The Labute approximate surface area is 82.4 Å². The van der Waals surface area contributed by atoms with Gasteiger partial charge in [-0.15, -0.1) is 0 Å². The van der Waals surface area contributed by atoms with E-state index in [0.717, 1.165) is 6.07 Å². The van der Waals surface area contributed by atoms with Crippen LogP contribution < -0.4 is 0 Å². The Bertz CT molecular complexity index is 453. The molecule has 0 aliphatic carbocycles. The van der Waals surface area contributed by atoms with Crippen LogP contribution in [0.5, 0.6) is 0 Å². The standard InChI is InChI=1S/C9H4F3NO2/c10-6-2-1-4(7(11)8(6)12)5(3-13)9(14)15/h1-2,5H,(H,14,15). The molecule has 3 nitrogen and oxygen atoms in total. The molecule has 0 amide bonds. The summed E-state index contributed by atoms with van der Waals surface area (Å²) in [4.78, 5) is 10.5. The lowest BCUT2D eigenvalue weighted by atomic mass is 10.00. The average molecular weight is 215 g/mol. The number of nitriles is 1. The fourth-order valence-corrected chi connectivity index (χ4v) is 1.02. The van der Waals surface area contributed by atoms with Gasteiger partial charge in [-0.05, 0) is 6.07 Å². The molecule has 1 N–H and O–H groups in total. The van der Waals surface area contributed by atoms with E-state index >= 15 is 0 Å². The molecule has 0 fully saturated rings. The van der Waals surface area contributed by atoms with Crippen molar-refractivity contribution in [3.63, 3.8) is 0 Å². The summed E-state index contributed by atoms with van der Waals surface area (Å²) in [6.45, 7) is 0. The summed E-state index contributed by atoms with van der Waals surface area (Å²) in [6.07, 6.45) is 0. The van der Waals surface area contributed by atoms with E-state index in [1.54, 1.807) is 0 Å². The average Bonchev–Trinajstić information content (AvgIpc) is 2.18. The predicted octanol–water partition coefficient (Wildman–Crippen LogP) is 1.80. The van der Waals surface area contributed by atoms with Crippen molar-refractivity contribution in [2.24, 2.45) is 0 Å². The second-order valence-electron chi connectivity index (χ2n) is 2.66. The lowest BCUT2D eigenvalue weighted by Crippen LogP contribution is -2.12. The molecule has 15 heavy (non-hydrogen) atoms. The van der Waals surface area contributed by atoms with E-state index in [0.29, 0.717) is 6.07 Å². The third-order valence-corrected chi connectivity index (χ3v) is 1.75. The Hall–Kier alpha value is -2.03. The molecule has 0 aliphatic heterocycles. The Kier molecular flexibility index (Phi) is 2.95. The molecule has 1 aromatic carbocycles. The summed E-state index contributed by atoms with van der Waals surface area (Å²) >= 11 is 0. The summed E-state index contributed by atoms with van der Waals surface area (Å²) in [6, 6.07) is 2.58. The molecule has 0 radical (unpaired) electrons. The van der Waals surface area contributed by atoms with Gasteiger partial charge in [-0.2, -0.15) is 5.26 Å². The Morgan fingerprint density at radius 2 is 1.93 bits per heavy atom. The first-order valence-electron chi connectivity index (χ1n) is 3.74. The molecule has 0 bridgehead atoms. The number of rotatable bonds is 2. The fraction of sp³-hybridized carbons (Fsp3) is 0.111. The van der Waals surface area contributed by atoms with Crippen LogP contribution in [0.1, 0.15) is 11.5 Å². The molecule has 0 aromatic heterocycles. The lowest BCUT2D eigenvalue weighted by molar-refractivity contribution is -0.137. The second-order valence-corrected chi connectivity index (χ2v) is 2.66. The van der Waals surface area contributed by atoms with Crippen LogP contribution in [0, 0.1) is 28.8 Å². The van der Waals surface area contributed by atoms with Crippen LogP contribution in [0.4, 0.5) is 13.2 Å². The molecule has 0 heterocycles. The maximum Gasteiger partial charge on any atom is 0.325 e. The summed E-state index contributed by atoms with van der Waals surface area (Å²) < 4.78 is 38.2. The maximum atomic E-state index is 13.0. The van der Waals surface area contributed by atoms with E-state index < -0.39 is 34.9 Å². The highest BCUT2D eigenvalue weighted by molar-refractivity contribution is 5.79. The molecule has 0 spiro atoms. The highest BCUT2D eigenvalue weighted by atomic mass is 19.2. The van der Waals surface area contributed by atoms with Crippen LogP contribution in [0.3, 0.4) is 0 Å². The molecule has 1 atom stereocenters. The van der Waals surface area contributed by atoms with E-state index in [1.807, 2.05) is 0 Å². The predicted molar refractivity (Wildman–Crippen MR) is 42.3 cm³/mol. The van der Waals surface area contributed by atoms with Crippen LogP contribution >= 0.6 is 0 Å². The van der Waals surface area contributed by atoms with Crippen LogP contribution in [-0.2, 0) is 4.79 Å². The van der Waals surface area contributed by atoms with Crippen LogP contribution in [-0.4, -0.2) is 11.1 Å². The zero-order chi connectivity index (χ0) is 11.6. The molecule has 78 valence electrons. The summed E-state index contributed by atoms with van der Waals surface area (Å²) in [5.74, 6) is -8.33. The number of carboxylic acid groups (broad SMARTS) is 1. The van der Waals surface area contributed by atoms with E-state index in [9.17, 15) is 18.0 Å². The number of benzene rings is 1. The van der Waals surface area contributed by atoms with Crippen molar-refractivity contribution in [3.8, 4) is 6.07 Å². The van der Waals surface area contributed by atoms with Gasteiger partial charge in [0, 0.05) is 5.56 Å². The highest BCUT2D eigenvalue weighted by Crippen LogP contribution is 2.22. The molecule has 1 rings (SSSR count). The fourth-order valence-electron chi connectivity index (χ4n) is 1.02. The van der Waals surface area contributed by atoms with Crippen molar-refractivity contribution >= 4 is 5.97 Å². The number of carbonyl (C=O) groups is 1. The Balaban J connectivity index is 3.33. The van der Waals surface area contributed by atoms with Gasteiger partial charge in [0.05, 0.1) is 6.07 Å². The van der Waals surface area contributed by atoms with Gasteiger partial charge in [-0.3, -0.25) is 4.79 Å². The number of aliphatic carboxylic acids is 1. The van der Waals surface area contributed by atoms with Crippen molar-refractivity contribution in [1.29, 1.82) is 5.26 Å². The van der Waals surface area contributed by atoms with Crippen molar-refractivity contribution in [2.45, 2.75) is 5.92 Å². The van der Waals surface area contributed by atoms with E-state index in [1.165, 1.54) is 6.07 Å². The van der Waals surface area contributed by atoms with Gasteiger partial charge < -0.3 is 5.11 Å². The number of hydrogen-bond donors (Lipinski definition) is 1. The number of nitrogens with zero attached hydrogens (tertiary/aromatic N) is 1. The van der Waals surface area contributed by atoms with Crippen LogP contribution in [0.2, 0.25) is 0 Å². The van der Waals surface area contributed by atoms with Gasteiger partial charge in [0.1, 0.15) is 0 Å². The van der Waals surface area contributed by atoms with Gasteiger partial charge in [0.15, 0.2) is 23.4 Å². The van der Waals surface area contributed by atoms with Crippen molar-refractivity contribution in [2.75, 3.05) is 0 Å². The first kappa shape index (κ1) is 11.0. The molecule has 1 unspecified atom stereocenters. The summed E-state index contributed by atoms with van der Waals surface area (Å²) in [7, 11) is 0. The normalized spacial score (nSPS) is 11.9. The van der Waals surface area contributed by atoms with E-state index in [4.69, 9.17) is 10.4 Å². The zero-order valence-corrected chi connectivity index (χ0v) is 7.17. The third kappa shape index (κ3) is 1.91. The molecule has 0 saturated heterocycles. The molecular formula is C9H4F3NO2. The third-order valence-electron chi connectivity index (χ3n) is 1.75. The first-order chi connectivity index (χ1) is 6.99. The lowest BCUT2D eigenvalue weighted by Gasteiger charge is -2.06. The number of hydrogen-bond acceptors (Lipinski definition) is 2. The maximum absolute atomic E-state index is 13.0. The zero-order valence-electron chi connectivity index (χ0n) is 7.17. The van der Waals surface area contributed by atoms with Crippen LogP contribution in [0.15, 0.2) is 12.1 Å². The molecule has 1 aromatic rings. The second kappa shape index (κ2) is 4.00. The molecule has 6 heteroatoms. The van der Waals surface area contributed by atoms with Gasteiger partial charge in [0.2, 0.25) is 0 Å². The molecular weight excluding hydrogens is 211 g/mol. The van der Waals surface area contributed by atoms with Gasteiger partial charge in [-0.25, -0.2) is 13.2 Å². The largest absolute Gasteiger partial charge is 0.480 e. The molecule has 0 saturated carbocycles. The topological polar surface area (TPSA) is 61.1 Å². The van der Waals surface area contributed by atoms with Crippen LogP contribution in [0.25, 0.3) is 0 Å². The van der Waals surface area contributed by atoms with Gasteiger partial charge >= 0.3 is 5.97 Å². The summed E-state index contributed by atoms with van der Waals surface area (Å²) in [5, 5.41) is 16.9. The van der Waals surface area contributed by atoms with Gasteiger partial charge in [-0.1, -0.05) is 6.07 Å². The van der Waals surface area contributed by atoms with E-state index in [2.05, 4.69) is 0 Å². The minimum absolute atomic E-state index is 0.570. The van der Waals surface area contributed by atoms with Crippen molar-refractivity contribution < 1.29 is 23.1 Å². The van der Waals surface area contributed by atoms with Crippen molar-refractivity contribution in [3.05, 3.63) is 35.1 Å². The quantitative estimate of drug-likeness (QED) is 0.765. The Morgan fingerprint density at radius 1 is 1.33 bits per heavy atom. The minimum atomic E-state index is -1.85. The summed E-state index contributed by atoms with van der Waals surface area (Å²) in [5.41, 5.74) is -0.691. The molecule has 0 aliphatic rings. The highest BCUT2D eigenvalue weighted by Gasteiger charge is 2.25. The SMILES string of the molecule is N#CC(C(=O)O)c1ccc(F)c(F)c1F. The number of halogens is 3. The smallest absolute Gasteiger partial charge is 0.325 e. The van der Waals surface area contributed by atoms with E-state index in [-0.39, 0.29) is 0 Å². The Morgan fingerprint density at radius 3 is 2.40 bits per heavy atom. The minimum Gasteiger partial charge on any atom is -0.480 e. The monoisotopic (exact) mass is 215 g/mol. The number of carboxylic acids is 1. The first-order valence-corrected chi connectivity index (χ1v) is 3.74. The van der Waals surface area contributed by atoms with Gasteiger partial charge in [0.25, 0.3) is 0 Å².